The number of amides is 2. The summed E-state index contributed by atoms with van der Waals surface area (Å²) in [6.07, 6.45) is 1.71. The number of nitrogens with one attached hydrogen (secondary N) is 2. The van der Waals surface area contributed by atoms with Crippen LogP contribution in [0.3, 0.4) is 0 Å². The third kappa shape index (κ3) is 4.11. The molecule has 0 saturated carbocycles. The molecule has 3 aromatic rings. The van der Waals surface area contributed by atoms with E-state index in [0.29, 0.717) is 17.8 Å². The lowest BCUT2D eigenvalue weighted by Gasteiger charge is -2.13. The molecule has 1 heterocycles. The SMILES string of the molecule is CCNC(=O)[C@H](C)NC(=O)c1cn(-c2ccccc2)nc1-c1ccccc1C. The van der Waals surface area contributed by atoms with E-state index in [-0.39, 0.29) is 11.8 Å². The highest BCUT2D eigenvalue weighted by atomic mass is 16.2. The standard InChI is InChI=1S/C22H24N4O2/c1-4-23-21(27)16(3)24-22(28)19-14-26(17-11-6-5-7-12-17)25-20(19)18-13-9-8-10-15(18)2/h5-14,16H,4H2,1-3H3,(H,23,27)(H,24,28)/t16-/m0/s1. The first-order valence-electron chi connectivity index (χ1n) is 9.31. The van der Waals surface area contributed by atoms with Crippen LogP contribution in [0, 0.1) is 6.92 Å². The van der Waals surface area contributed by atoms with E-state index in [9.17, 15) is 9.59 Å². The van der Waals surface area contributed by atoms with Crippen LogP contribution in [0.4, 0.5) is 0 Å². The summed E-state index contributed by atoms with van der Waals surface area (Å²) in [6.45, 7) is 6.00. The Morgan fingerprint density at radius 2 is 1.75 bits per heavy atom. The van der Waals surface area contributed by atoms with Gasteiger partial charge in [-0.1, -0.05) is 42.5 Å². The second-order valence-electron chi connectivity index (χ2n) is 6.58. The van der Waals surface area contributed by atoms with E-state index >= 15 is 0 Å². The summed E-state index contributed by atoms with van der Waals surface area (Å²) in [7, 11) is 0. The van der Waals surface area contributed by atoms with Crippen molar-refractivity contribution in [2.24, 2.45) is 0 Å². The van der Waals surface area contributed by atoms with Crippen molar-refractivity contribution in [3.05, 3.63) is 71.9 Å². The lowest BCUT2D eigenvalue weighted by atomic mass is 10.0. The Balaban J connectivity index is 2.01. The number of hydrogen-bond donors (Lipinski definition) is 2. The Labute approximate surface area is 164 Å². The van der Waals surface area contributed by atoms with Gasteiger partial charge in [0.05, 0.1) is 11.3 Å². The fourth-order valence-electron chi connectivity index (χ4n) is 2.96. The van der Waals surface area contributed by atoms with Crippen molar-refractivity contribution >= 4 is 11.8 Å². The first-order valence-corrected chi connectivity index (χ1v) is 9.31. The number of carbonyl (C=O) groups is 2. The molecule has 6 heteroatoms. The molecule has 2 aromatic carbocycles. The van der Waals surface area contributed by atoms with Crippen molar-refractivity contribution in [3.63, 3.8) is 0 Å². The van der Waals surface area contributed by atoms with Gasteiger partial charge in [0.1, 0.15) is 11.7 Å². The van der Waals surface area contributed by atoms with Gasteiger partial charge in [-0.25, -0.2) is 4.68 Å². The van der Waals surface area contributed by atoms with Gasteiger partial charge in [0.2, 0.25) is 5.91 Å². The number of para-hydroxylation sites is 1. The highest BCUT2D eigenvalue weighted by Gasteiger charge is 2.22. The molecule has 0 bridgehead atoms. The highest BCUT2D eigenvalue weighted by Crippen LogP contribution is 2.26. The Morgan fingerprint density at radius 1 is 1.07 bits per heavy atom. The molecule has 2 N–H and O–H groups in total. The number of hydrogen-bond acceptors (Lipinski definition) is 3. The molecule has 0 spiro atoms. The molecule has 28 heavy (non-hydrogen) atoms. The van der Waals surface area contributed by atoms with E-state index in [4.69, 9.17) is 0 Å². The topological polar surface area (TPSA) is 76.0 Å². The summed E-state index contributed by atoms with van der Waals surface area (Å²) in [5.74, 6) is -0.553. The minimum absolute atomic E-state index is 0.219. The van der Waals surface area contributed by atoms with Crippen LogP contribution in [-0.2, 0) is 4.79 Å². The van der Waals surface area contributed by atoms with Crippen LogP contribution in [0.25, 0.3) is 16.9 Å². The zero-order valence-corrected chi connectivity index (χ0v) is 16.3. The Bertz CT molecular complexity index is 979. The number of carbonyl (C=O) groups excluding carboxylic acids is 2. The third-order valence-electron chi connectivity index (χ3n) is 4.47. The van der Waals surface area contributed by atoms with E-state index < -0.39 is 6.04 Å². The number of nitrogens with zero attached hydrogens (tertiary/aromatic N) is 2. The van der Waals surface area contributed by atoms with Crippen LogP contribution in [0.2, 0.25) is 0 Å². The van der Waals surface area contributed by atoms with Crippen LogP contribution in [0.15, 0.2) is 60.8 Å². The molecule has 6 nitrogen and oxygen atoms in total. The molecule has 0 unspecified atom stereocenters. The summed E-state index contributed by atoms with van der Waals surface area (Å²) < 4.78 is 1.69. The fraction of sp³-hybridized carbons (Fsp3) is 0.227. The van der Waals surface area contributed by atoms with E-state index in [1.807, 2.05) is 68.4 Å². The summed E-state index contributed by atoms with van der Waals surface area (Å²) in [5, 5.41) is 10.2. The van der Waals surface area contributed by atoms with Gasteiger partial charge in [-0.05, 0) is 38.5 Å². The van der Waals surface area contributed by atoms with Crippen LogP contribution in [0.5, 0.6) is 0 Å². The van der Waals surface area contributed by atoms with Gasteiger partial charge in [0.15, 0.2) is 0 Å². The Kier molecular flexibility index (Phi) is 5.89. The van der Waals surface area contributed by atoms with Gasteiger partial charge in [-0.15, -0.1) is 0 Å². The van der Waals surface area contributed by atoms with Crippen molar-refractivity contribution in [3.8, 4) is 16.9 Å². The molecular formula is C22H24N4O2. The number of likely N-dealkylation sites (N-methyl/N-ethyl adjacent to an activating group) is 1. The number of aryl methyl sites for hydroxylation is 1. The molecular weight excluding hydrogens is 352 g/mol. The van der Waals surface area contributed by atoms with Crippen molar-refractivity contribution in [2.45, 2.75) is 26.8 Å². The molecule has 0 saturated heterocycles. The van der Waals surface area contributed by atoms with Crippen LogP contribution < -0.4 is 10.6 Å². The predicted molar refractivity (Wildman–Crippen MR) is 109 cm³/mol. The van der Waals surface area contributed by atoms with Gasteiger partial charge in [0, 0.05) is 18.3 Å². The molecule has 1 atom stereocenters. The fourth-order valence-corrected chi connectivity index (χ4v) is 2.96. The number of aromatic nitrogens is 2. The maximum Gasteiger partial charge on any atom is 0.255 e. The lowest BCUT2D eigenvalue weighted by molar-refractivity contribution is -0.122. The van der Waals surface area contributed by atoms with Gasteiger partial charge < -0.3 is 10.6 Å². The van der Waals surface area contributed by atoms with Crippen molar-refractivity contribution < 1.29 is 9.59 Å². The molecule has 2 amide bonds. The maximum absolute atomic E-state index is 13.0. The van der Waals surface area contributed by atoms with Gasteiger partial charge >= 0.3 is 0 Å². The van der Waals surface area contributed by atoms with Gasteiger partial charge in [0.25, 0.3) is 5.91 Å². The van der Waals surface area contributed by atoms with Crippen molar-refractivity contribution in [1.29, 1.82) is 0 Å². The smallest absolute Gasteiger partial charge is 0.255 e. The zero-order valence-electron chi connectivity index (χ0n) is 16.3. The summed E-state index contributed by atoms with van der Waals surface area (Å²) in [6, 6.07) is 16.8. The maximum atomic E-state index is 13.0. The molecule has 0 aliphatic carbocycles. The first kappa shape index (κ1) is 19.4. The normalized spacial score (nSPS) is 11.7. The lowest BCUT2D eigenvalue weighted by Crippen LogP contribution is -2.44. The molecule has 0 aliphatic rings. The highest BCUT2D eigenvalue weighted by molar-refractivity contribution is 6.02. The van der Waals surface area contributed by atoms with Crippen molar-refractivity contribution in [2.75, 3.05) is 6.54 Å². The van der Waals surface area contributed by atoms with E-state index in [0.717, 1.165) is 16.8 Å². The molecule has 0 fully saturated rings. The summed E-state index contributed by atoms with van der Waals surface area (Å²) in [5.41, 5.74) is 3.77. The molecule has 1 aromatic heterocycles. The first-order chi connectivity index (χ1) is 13.5. The second kappa shape index (κ2) is 8.52. The zero-order chi connectivity index (χ0) is 20.1. The summed E-state index contributed by atoms with van der Waals surface area (Å²) in [4.78, 5) is 25.0. The second-order valence-corrected chi connectivity index (χ2v) is 6.58. The monoisotopic (exact) mass is 376 g/mol. The minimum Gasteiger partial charge on any atom is -0.355 e. The van der Waals surface area contributed by atoms with E-state index in [1.54, 1.807) is 17.8 Å². The predicted octanol–water partition coefficient (Wildman–Crippen LogP) is 3.10. The largest absolute Gasteiger partial charge is 0.355 e. The molecule has 144 valence electrons. The Hall–Kier alpha value is -3.41. The van der Waals surface area contributed by atoms with Crippen LogP contribution in [0.1, 0.15) is 29.8 Å². The third-order valence-corrected chi connectivity index (χ3v) is 4.47. The van der Waals surface area contributed by atoms with Gasteiger partial charge in [-0.3, -0.25) is 9.59 Å². The van der Waals surface area contributed by atoms with Gasteiger partial charge in [-0.2, -0.15) is 5.10 Å². The van der Waals surface area contributed by atoms with Crippen LogP contribution >= 0.6 is 0 Å². The quantitative estimate of drug-likeness (QED) is 0.694. The Morgan fingerprint density at radius 3 is 2.43 bits per heavy atom. The molecule has 0 aliphatic heterocycles. The minimum atomic E-state index is -0.641. The average molecular weight is 376 g/mol. The summed E-state index contributed by atoms with van der Waals surface area (Å²) >= 11 is 0. The number of rotatable bonds is 6. The van der Waals surface area contributed by atoms with Crippen molar-refractivity contribution in [1.82, 2.24) is 20.4 Å². The number of benzene rings is 2. The average Bonchev–Trinajstić information content (AvgIpc) is 3.14. The molecule has 3 rings (SSSR count). The molecule has 0 radical (unpaired) electrons. The van der Waals surface area contributed by atoms with E-state index in [2.05, 4.69) is 15.7 Å². The van der Waals surface area contributed by atoms with Crippen LogP contribution in [-0.4, -0.2) is 34.2 Å². The van der Waals surface area contributed by atoms with E-state index in [1.165, 1.54) is 0 Å².